The third kappa shape index (κ3) is 5.78. The summed E-state index contributed by atoms with van der Waals surface area (Å²) in [5.74, 6) is -0.0933. The summed E-state index contributed by atoms with van der Waals surface area (Å²) in [5, 5.41) is 2.64. The van der Waals surface area contributed by atoms with Crippen molar-refractivity contribution >= 4 is 24.2 Å². The zero-order valence-corrected chi connectivity index (χ0v) is 12.7. The van der Waals surface area contributed by atoms with Crippen LogP contribution in [0.3, 0.4) is 0 Å². The molecule has 19 heavy (non-hydrogen) atoms. The Hall–Kier alpha value is -0.810. The van der Waals surface area contributed by atoms with Gasteiger partial charge in [-0.3, -0.25) is 9.59 Å². The van der Waals surface area contributed by atoms with Crippen LogP contribution >= 0.6 is 12.4 Å². The summed E-state index contributed by atoms with van der Waals surface area (Å²) in [6.07, 6.45) is 4.17. The molecule has 2 unspecified atom stereocenters. The van der Waals surface area contributed by atoms with Crippen LogP contribution in [0.15, 0.2) is 0 Å². The first-order valence-corrected chi connectivity index (χ1v) is 6.87. The van der Waals surface area contributed by atoms with Gasteiger partial charge in [0.2, 0.25) is 11.8 Å². The summed E-state index contributed by atoms with van der Waals surface area (Å²) >= 11 is 0. The Labute approximate surface area is 121 Å². The summed E-state index contributed by atoms with van der Waals surface area (Å²) in [6, 6.07) is -0.524. The van der Waals surface area contributed by atoms with Crippen molar-refractivity contribution in [2.75, 3.05) is 19.6 Å². The van der Waals surface area contributed by atoms with Gasteiger partial charge in [-0.15, -0.1) is 12.4 Å². The highest BCUT2D eigenvalue weighted by molar-refractivity contribution is 5.87. The number of rotatable bonds is 5. The van der Waals surface area contributed by atoms with E-state index in [9.17, 15) is 9.59 Å². The van der Waals surface area contributed by atoms with E-state index in [2.05, 4.69) is 5.32 Å². The van der Waals surface area contributed by atoms with Crippen molar-refractivity contribution in [2.45, 2.75) is 45.6 Å². The maximum absolute atomic E-state index is 11.8. The number of piperidine rings is 1. The van der Waals surface area contributed by atoms with Gasteiger partial charge in [-0.05, 0) is 25.2 Å². The molecule has 6 heteroatoms. The molecular weight excluding hydrogens is 266 g/mol. The Balaban J connectivity index is 0.00000324. The molecule has 0 radical (unpaired) electrons. The van der Waals surface area contributed by atoms with Crippen LogP contribution in [0.5, 0.6) is 0 Å². The molecule has 1 aliphatic heterocycles. The Bertz CT molecular complexity index is 280. The zero-order valence-electron chi connectivity index (χ0n) is 11.9. The van der Waals surface area contributed by atoms with Crippen molar-refractivity contribution in [3.05, 3.63) is 0 Å². The maximum Gasteiger partial charge on any atom is 0.241 e. The lowest BCUT2D eigenvalue weighted by molar-refractivity contribution is -0.134. The van der Waals surface area contributed by atoms with Gasteiger partial charge in [-0.1, -0.05) is 20.3 Å². The number of nitrogens with two attached hydrogens (primary N) is 1. The molecule has 1 rings (SSSR count). The molecule has 0 aromatic carbocycles. The highest BCUT2D eigenvalue weighted by Gasteiger charge is 2.21. The molecule has 1 heterocycles. The van der Waals surface area contributed by atoms with E-state index < -0.39 is 6.04 Å². The van der Waals surface area contributed by atoms with Crippen molar-refractivity contribution in [3.8, 4) is 0 Å². The van der Waals surface area contributed by atoms with Gasteiger partial charge in [0.15, 0.2) is 0 Å². The zero-order chi connectivity index (χ0) is 13.5. The number of hydrogen-bond donors (Lipinski definition) is 2. The van der Waals surface area contributed by atoms with E-state index in [4.69, 9.17) is 5.73 Å². The minimum atomic E-state index is -0.524. The second kappa shape index (κ2) is 9.15. The van der Waals surface area contributed by atoms with Crippen LogP contribution in [-0.2, 0) is 9.59 Å². The number of nitrogens with zero attached hydrogens (tertiary/aromatic N) is 1. The number of likely N-dealkylation sites (tertiary alicyclic amines) is 1. The Kier molecular flexibility index (Phi) is 8.76. The molecule has 1 saturated heterocycles. The number of nitrogens with one attached hydrogen (secondary N) is 1. The number of halogens is 1. The molecule has 0 aromatic rings. The lowest BCUT2D eigenvalue weighted by atomic mass is 9.99. The van der Waals surface area contributed by atoms with Crippen molar-refractivity contribution in [1.82, 2.24) is 10.2 Å². The topological polar surface area (TPSA) is 75.4 Å². The standard InChI is InChI=1S/C13H25N3O2.ClH/c1-3-10(2)12(14)13(18)15-9-11(17)16-7-5-4-6-8-16;/h10,12H,3-9,14H2,1-2H3,(H,15,18);1H. The highest BCUT2D eigenvalue weighted by Crippen LogP contribution is 2.08. The molecule has 0 spiro atoms. The van der Waals surface area contributed by atoms with Gasteiger partial charge in [-0.25, -0.2) is 0 Å². The normalized spacial score (nSPS) is 18.2. The van der Waals surface area contributed by atoms with Crippen LogP contribution in [0.4, 0.5) is 0 Å². The van der Waals surface area contributed by atoms with E-state index in [1.54, 1.807) is 0 Å². The van der Waals surface area contributed by atoms with E-state index in [1.807, 2.05) is 18.7 Å². The van der Waals surface area contributed by atoms with Gasteiger partial charge in [0.1, 0.15) is 0 Å². The number of amides is 2. The molecule has 5 nitrogen and oxygen atoms in total. The SMILES string of the molecule is CCC(C)C(N)C(=O)NCC(=O)N1CCCCC1.Cl. The van der Waals surface area contributed by atoms with E-state index >= 15 is 0 Å². The third-order valence-corrected chi connectivity index (χ3v) is 3.68. The molecule has 3 N–H and O–H groups in total. The number of carbonyl (C=O) groups excluding carboxylic acids is 2. The van der Waals surface area contributed by atoms with E-state index in [0.29, 0.717) is 0 Å². The molecular formula is C13H26ClN3O2. The average molecular weight is 292 g/mol. The van der Waals surface area contributed by atoms with Crippen LogP contribution in [0.25, 0.3) is 0 Å². The van der Waals surface area contributed by atoms with Crippen molar-refractivity contribution in [1.29, 1.82) is 0 Å². The first-order valence-electron chi connectivity index (χ1n) is 6.87. The van der Waals surface area contributed by atoms with Gasteiger partial charge in [0.25, 0.3) is 0 Å². The third-order valence-electron chi connectivity index (χ3n) is 3.68. The molecule has 0 aromatic heterocycles. The Morgan fingerprint density at radius 2 is 1.84 bits per heavy atom. The van der Waals surface area contributed by atoms with Gasteiger partial charge < -0.3 is 16.0 Å². The van der Waals surface area contributed by atoms with Gasteiger partial charge in [0.05, 0.1) is 12.6 Å². The lowest BCUT2D eigenvalue weighted by Crippen LogP contribution is -2.49. The van der Waals surface area contributed by atoms with Crippen LogP contribution < -0.4 is 11.1 Å². The molecule has 1 aliphatic rings. The largest absolute Gasteiger partial charge is 0.346 e. The Morgan fingerprint density at radius 3 is 2.37 bits per heavy atom. The van der Waals surface area contributed by atoms with Gasteiger partial charge >= 0.3 is 0 Å². The predicted octanol–water partition coefficient (Wildman–Crippen LogP) is 0.910. The van der Waals surface area contributed by atoms with Crippen molar-refractivity contribution < 1.29 is 9.59 Å². The quantitative estimate of drug-likeness (QED) is 0.790. The maximum atomic E-state index is 11.8. The van der Waals surface area contributed by atoms with Crippen molar-refractivity contribution in [3.63, 3.8) is 0 Å². The van der Waals surface area contributed by atoms with Crippen LogP contribution in [0, 0.1) is 5.92 Å². The molecule has 2 atom stereocenters. The number of hydrogen-bond acceptors (Lipinski definition) is 3. The molecule has 1 fully saturated rings. The van der Waals surface area contributed by atoms with Crippen LogP contribution in [0.1, 0.15) is 39.5 Å². The molecule has 0 aliphatic carbocycles. The first kappa shape index (κ1) is 18.2. The summed E-state index contributed by atoms with van der Waals surface area (Å²) in [4.78, 5) is 25.4. The summed E-state index contributed by atoms with van der Waals surface area (Å²) < 4.78 is 0. The number of carbonyl (C=O) groups is 2. The van der Waals surface area contributed by atoms with E-state index in [0.717, 1.165) is 32.4 Å². The smallest absolute Gasteiger partial charge is 0.241 e. The monoisotopic (exact) mass is 291 g/mol. The molecule has 2 amide bonds. The Morgan fingerprint density at radius 1 is 1.26 bits per heavy atom. The van der Waals surface area contributed by atoms with Crippen LogP contribution in [-0.4, -0.2) is 42.4 Å². The minimum Gasteiger partial charge on any atom is -0.346 e. The summed E-state index contributed by atoms with van der Waals surface area (Å²) in [6.45, 7) is 5.63. The lowest BCUT2D eigenvalue weighted by Gasteiger charge is -2.27. The van der Waals surface area contributed by atoms with Gasteiger partial charge in [-0.2, -0.15) is 0 Å². The van der Waals surface area contributed by atoms with Gasteiger partial charge in [0, 0.05) is 13.1 Å². The summed E-state index contributed by atoms with van der Waals surface area (Å²) in [5.41, 5.74) is 5.80. The first-order chi connectivity index (χ1) is 8.56. The fourth-order valence-corrected chi connectivity index (χ4v) is 2.05. The van der Waals surface area contributed by atoms with Crippen molar-refractivity contribution in [2.24, 2.45) is 11.7 Å². The molecule has 112 valence electrons. The highest BCUT2D eigenvalue weighted by atomic mass is 35.5. The van der Waals surface area contributed by atoms with Crippen LogP contribution in [0.2, 0.25) is 0 Å². The second-order valence-electron chi connectivity index (χ2n) is 5.07. The van der Waals surface area contributed by atoms with E-state index in [1.165, 1.54) is 6.42 Å². The average Bonchev–Trinajstić information content (AvgIpc) is 2.43. The minimum absolute atomic E-state index is 0. The predicted molar refractivity (Wildman–Crippen MR) is 78.1 cm³/mol. The fraction of sp³-hybridized carbons (Fsp3) is 0.846. The second-order valence-corrected chi connectivity index (χ2v) is 5.07. The fourth-order valence-electron chi connectivity index (χ4n) is 2.05. The molecule has 0 bridgehead atoms. The van der Waals surface area contributed by atoms with E-state index in [-0.39, 0.29) is 36.7 Å². The summed E-state index contributed by atoms with van der Waals surface area (Å²) in [7, 11) is 0. The molecule has 0 saturated carbocycles.